The molecule has 0 aliphatic carbocycles. The maximum atomic E-state index is 11.8. The molecule has 1 N–H and O–H groups in total. The molecule has 0 saturated carbocycles. The Morgan fingerprint density at radius 1 is 1.59 bits per heavy atom. The van der Waals surface area contributed by atoms with Crippen molar-refractivity contribution in [3.8, 4) is 5.75 Å². The highest BCUT2D eigenvalue weighted by Crippen LogP contribution is 2.19. The Kier molecular flexibility index (Phi) is 5.23. The molecule has 0 aliphatic rings. The van der Waals surface area contributed by atoms with Crippen LogP contribution in [0.15, 0.2) is 36.9 Å². The van der Waals surface area contributed by atoms with E-state index in [-0.39, 0.29) is 5.91 Å². The van der Waals surface area contributed by atoms with Gasteiger partial charge in [0.15, 0.2) is 0 Å². The summed E-state index contributed by atoms with van der Waals surface area (Å²) in [7, 11) is 3.35. The second-order valence-corrected chi connectivity index (χ2v) is 3.57. The van der Waals surface area contributed by atoms with Gasteiger partial charge in [-0.25, -0.2) is 0 Å². The number of carbonyl (C=O) groups is 1. The summed E-state index contributed by atoms with van der Waals surface area (Å²) in [4.78, 5) is 13.4. The number of nitrogens with one attached hydrogen (secondary N) is 1. The largest absolute Gasteiger partial charge is 0.497 e. The zero-order valence-electron chi connectivity index (χ0n) is 10.3. The minimum absolute atomic E-state index is 0.0000954. The number of likely N-dealkylation sites (N-methyl/N-ethyl adjacent to an activating group) is 1. The van der Waals surface area contributed by atoms with E-state index >= 15 is 0 Å². The van der Waals surface area contributed by atoms with Gasteiger partial charge in [-0.3, -0.25) is 4.79 Å². The van der Waals surface area contributed by atoms with Gasteiger partial charge in [0, 0.05) is 25.3 Å². The highest BCUT2D eigenvalue weighted by atomic mass is 16.5. The van der Waals surface area contributed by atoms with Gasteiger partial charge in [0.2, 0.25) is 5.91 Å². The SMILES string of the molecule is C=CCNCC(=O)N(C)c1cccc(OC)c1. The van der Waals surface area contributed by atoms with Crippen LogP contribution in [0.1, 0.15) is 0 Å². The highest BCUT2D eigenvalue weighted by Gasteiger charge is 2.10. The smallest absolute Gasteiger partial charge is 0.240 e. The average Bonchev–Trinajstić information content (AvgIpc) is 2.38. The predicted molar refractivity (Wildman–Crippen MR) is 69.5 cm³/mol. The van der Waals surface area contributed by atoms with E-state index in [4.69, 9.17) is 4.74 Å². The molecule has 1 amide bonds. The van der Waals surface area contributed by atoms with Crippen LogP contribution in [0.4, 0.5) is 5.69 Å². The Balaban J connectivity index is 2.64. The fraction of sp³-hybridized carbons (Fsp3) is 0.308. The van der Waals surface area contributed by atoms with Gasteiger partial charge in [-0.1, -0.05) is 12.1 Å². The molecule has 0 atom stereocenters. The van der Waals surface area contributed by atoms with E-state index in [1.165, 1.54) is 0 Å². The molecule has 1 rings (SSSR count). The van der Waals surface area contributed by atoms with Gasteiger partial charge in [0.05, 0.1) is 13.7 Å². The fourth-order valence-electron chi connectivity index (χ4n) is 1.36. The van der Waals surface area contributed by atoms with Crippen LogP contribution in [0.5, 0.6) is 5.75 Å². The Morgan fingerprint density at radius 2 is 2.35 bits per heavy atom. The summed E-state index contributed by atoms with van der Waals surface area (Å²) < 4.78 is 5.12. The quantitative estimate of drug-likeness (QED) is 0.598. The summed E-state index contributed by atoms with van der Waals surface area (Å²) >= 11 is 0. The van der Waals surface area contributed by atoms with Crippen LogP contribution < -0.4 is 15.0 Å². The predicted octanol–water partition coefficient (Wildman–Crippen LogP) is 1.43. The van der Waals surface area contributed by atoms with Gasteiger partial charge in [0.1, 0.15) is 5.75 Å². The lowest BCUT2D eigenvalue weighted by Gasteiger charge is -2.18. The third-order valence-corrected chi connectivity index (χ3v) is 2.38. The number of anilines is 1. The summed E-state index contributed by atoms with van der Waals surface area (Å²) in [6, 6.07) is 7.40. The Bertz CT molecular complexity index is 391. The van der Waals surface area contributed by atoms with Crippen molar-refractivity contribution in [2.24, 2.45) is 0 Å². The second-order valence-electron chi connectivity index (χ2n) is 3.57. The minimum Gasteiger partial charge on any atom is -0.497 e. The summed E-state index contributed by atoms with van der Waals surface area (Å²) in [6.45, 7) is 4.49. The monoisotopic (exact) mass is 234 g/mol. The van der Waals surface area contributed by atoms with E-state index in [2.05, 4.69) is 11.9 Å². The number of amides is 1. The van der Waals surface area contributed by atoms with Crippen LogP contribution in [-0.2, 0) is 4.79 Å². The molecule has 4 heteroatoms. The molecule has 0 spiro atoms. The molecular weight excluding hydrogens is 216 g/mol. The normalized spacial score (nSPS) is 9.76. The Morgan fingerprint density at radius 3 is 3.00 bits per heavy atom. The molecular formula is C13H18N2O2. The van der Waals surface area contributed by atoms with Crippen molar-refractivity contribution >= 4 is 11.6 Å². The number of ether oxygens (including phenoxy) is 1. The summed E-state index contributed by atoms with van der Waals surface area (Å²) in [5, 5.41) is 2.97. The van der Waals surface area contributed by atoms with Crippen LogP contribution in [-0.4, -0.2) is 33.2 Å². The molecule has 0 unspecified atom stereocenters. The number of rotatable bonds is 6. The van der Waals surface area contributed by atoms with E-state index in [0.717, 1.165) is 11.4 Å². The van der Waals surface area contributed by atoms with Crippen LogP contribution in [0.3, 0.4) is 0 Å². The van der Waals surface area contributed by atoms with Crippen LogP contribution in [0, 0.1) is 0 Å². The molecule has 4 nitrogen and oxygen atoms in total. The lowest BCUT2D eigenvalue weighted by Crippen LogP contribution is -2.35. The number of hydrogen-bond acceptors (Lipinski definition) is 3. The van der Waals surface area contributed by atoms with Crippen LogP contribution in [0.2, 0.25) is 0 Å². The summed E-state index contributed by atoms with van der Waals surface area (Å²) in [6.07, 6.45) is 1.72. The molecule has 0 saturated heterocycles. The molecule has 0 aliphatic heterocycles. The third kappa shape index (κ3) is 3.92. The summed E-state index contributed by atoms with van der Waals surface area (Å²) in [5.74, 6) is 0.737. The molecule has 17 heavy (non-hydrogen) atoms. The minimum atomic E-state index is 0.0000954. The molecule has 0 fully saturated rings. The van der Waals surface area contributed by atoms with E-state index in [9.17, 15) is 4.79 Å². The highest BCUT2D eigenvalue weighted by molar-refractivity contribution is 5.94. The standard InChI is InChI=1S/C13H18N2O2/c1-4-8-14-10-13(16)15(2)11-6-5-7-12(9-11)17-3/h4-7,9,14H,1,8,10H2,2-3H3. The van der Waals surface area contributed by atoms with Crippen molar-refractivity contribution in [3.05, 3.63) is 36.9 Å². The average molecular weight is 234 g/mol. The molecule has 0 aromatic heterocycles. The van der Waals surface area contributed by atoms with Gasteiger partial charge in [-0.05, 0) is 12.1 Å². The topological polar surface area (TPSA) is 41.6 Å². The maximum absolute atomic E-state index is 11.8. The van der Waals surface area contributed by atoms with E-state index in [0.29, 0.717) is 13.1 Å². The first-order valence-corrected chi connectivity index (χ1v) is 5.41. The van der Waals surface area contributed by atoms with Crippen molar-refractivity contribution < 1.29 is 9.53 Å². The maximum Gasteiger partial charge on any atom is 0.240 e. The van der Waals surface area contributed by atoms with Gasteiger partial charge >= 0.3 is 0 Å². The molecule has 0 heterocycles. The number of carbonyl (C=O) groups excluding carboxylic acids is 1. The molecule has 1 aromatic carbocycles. The lowest BCUT2D eigenvalue weighted by atomic mass is 10.2. The van der Waals surface area contributed by atoms with E-state index in [1.807, 2.05) is 24.3 Å². The third-order valence-electron chi connectivity index (χ3n) is 2.38. The van der Waals surface area contributed by atoms with Crippen molar-refractivity contribution in [2.75, 3.05) is 32.1 Å². The summed E-state index contributed by atoms with van der Waals surface area (Å²) in [5.41, 5.74) is 0.815. The zero-order chi connectivity index (χ0) is 12.7. The number of hydrogen-bond donors (Lipinski definition) is 1. The molecule has 1 aromatic rings. The fourth-order valence-corrected chi connectivity index (χ4v) is 1.36. The van der Waals surface area contributed by atoms with E-state index in [1.54, 1.807) is 25.1 Å². The van der Waals surface area contributed by atoms with Crippen molar-refractivity contribution in [1.29, 1.82) is 0 Å². The van der Waals surface area contributed by atoms with Gasteiger partial charge in [-0.15, -0.1) is 6.58 Å². The van der Waals surface area contributed by atoms with Crippen LogP contribution >= 0.6 is 0 Å². The Hall–Kier alpha value is -1.81. The number of methoxy groups -OCH3 is 1. The second kappa shape index (κ2) is 6.70. The van der Waals surface area contributed by atoms with Gasteiger partial charge in [-0.2, -0.15) is 0 Å². The van der Waals surface area contributed by atoms with E-state index < -0.39 is 0 Å². The van der Waals surface area contributed by atoms with Crippen molar-refractivity contribution in [3.63, 3.8) is 0 Å². The Labute approximate surface area is 102 Å². The zero-order valence-corrected chi connectivity index (χ0v) is 10.3. The first kappa shape index (κ1) is 13.3. The van der Waals surface area contributed by atoms with Crippen molar-refractivity contribution in [2.45, 2.75) is 0 Å². The van der Waals surface area contributed by atoms with Crippen molar-refractivity contribution in [1.82, 2.24) is 5.32 Å². The lowest BCUT2D eigenvalue weighted by molar-refractivity contribution is -0.117. The first-order valence-electron chi connectivity index (χ1n) is 5.41. The van der Waals surface area contributed by atoms with Crippen LogP contribution in [0.25, 0.3) is 0 Å². The molecule has 0 bridgehead atoms. The molecule has 0 radical (unpaired) electrons. The number of nitrogens with zero attached hydrogens (tertiary/aromatic N) is 1. The first-order chi connectivity index (χ1) is 8.19. The number of benzene rings is 1. The molecule has 92 valence electrons. The van der Waals surface area contributed by atoms with Gasteiger partial charge < -0.3 is 15.0 Å². The van der Waals surface area contributed by atoms with Gasteiger partial charge in [0.25, 0.3) is 0 Å².